The molecule has 2 fully saturated rings. The molecule has 5 rings (SSSR count). The smallest absolute Gasteiger partial charge is 0.255 e. The Morgan fingerprint density at radius 1 is 1.16 bits per heavy atom. The van der Waals surface area contributed by atoms with Crippen molar-refractivity contribution < 1.29 is 9.47 Å². The number of morpholine rings is 1. The van der Waals surface area contributed by atoms with Gasteiger partial charge < -0.3 is 14.4 Å². The average Bonchev–Trinajstić information content (AvgIpc) is 3.65. The number of hydrogen-bond acceptors (Lipinski definition) is 6. The van der Waals surface area contributed by atoms with E-state index >= 15 is 0 Å². The average molecular weight is 418 g/mol. The Balaban J connectivity index is 1.42. The molecule has 3 heterocycles. The first-order valence-electron chi connectivity index (χ1n) is 10.8. The van der Waals surface area contributed by atoms with E-state index in [0.29, 0.717) is 37.3 Å². The van der Waals surface area contributed by atoms with Crippen molar-refractivity contribution >= 4 is 5.95 Å². The molecule has 0 N–H and O–H groups in total. The van der Waals surface area contributed by atoms with Gasteiger partial charge in [-0.2, -0.15) is 0 Å². The summed E-state index contributed by atoms with van der Waals surface area (Å²) in [4.78, 5) is 23.7. The van der Waals surface area contributed by atoms with Gasteiger partial charge in [-0.3, -0.25) is 14.3 Å². The van der Waals surface area contributed by atoms with Crippen LogP contribution in [0.4, 0.5) is 5.95 Å². The Morgan fingerprint density at radius 3 is 2.77 bits per heavy atom. The van der Waals surface area contributed by atoms with Crippen LogP contribution < -0.4 is 15.2 Å². The van der Waals surface area contributed by atoms with Crippen LogP contribution in [0.3, 0.4) is 0 Å². The van der Waals surface area contributed by atoms with Gasteiger partial charge in [0.2, 0.25) is 5.95 Å². The molecule has 1 aliphatic heterocycles. The van der Waals surface area contributed by atoms with Gasteiger partial charge in [-0.15, -0.1) is 0 Å². The van der Waals surface area contributed by atoms with Gasteiger partial charge in [0, 0.05) is 43.2 Å². The van der Waals surface area contributed by atoms with Crippen LogP contribution in [-0.4, -0.2) is 40.8 Å². The Kier molecular flexibility index (Phi) is 5.42. The Bertz CT molecular complexity index is 1110. The van der Waals surface area contributed by atoms with Crippen LogP contribution in [0.15, 0.2) is 59.7 Å². The summed E-state index contributed by atoms with van der Waals surface area (Å²) in [5.74, 6) is 2.21. The zero-order chi connectivity index (χ0) is 21.2. The number of benzene rings is 1. The third-order valence-electron chi connectivity index (χ3n) is 5.87. The minimum Gasteiger partial charge on any atom is -0.493 e. The molecule has 31 heavy (non-hydrogen) atoms. The monoisotopic (exact) mass is 418 g/mol. The molecule has 1 aromatic carbocycles. The van der Waals surface area contributed by atoms with Crippen LogP contribution in [0.25, 0.3) is 11.3 Å². The lowest BCUT2D eigenvalue weighted by atomic mass is 10.1. The second-order valence-electron chi connectivity index (χ2n) is 8.17. The number of aromatic nitrogens is 3. The predicted molar refractivity (Wildman–Crippen MR) is 118 cm³/mol. The molecule has 0 spiro atoms. The number of nitrogens with zero attached hydrogens (tertiary/aromatic N) is 4. The topological polar surface area (TPSA) is 69.5 Å². The van der Waals surface area contributed by atoms with Gasteiger partial charge in [0.25, 0.3) is 5.56 Å². The molecule has 0 radical (unpaired) electrons. The molecule has 3 aromatic rings. The number of rotatable bonds is 6. The lowest BCUT2D eigenvalue weighted by Gasteiger charge is -2.35. The molecular weight excluding hydrogens is 392 g/mol. The van der Waals surface area contributed by atoms with Crippen LogP contribution in [0.2, 0.25) is 0 Å². The highest BCUT2D eigenvalue weighted by Gasteiger charge is 2.28. The quantitative estimate of drug-likeness (QED) is 0.612. The number of pyridine rings is 1. The summed E-state index contributed by atoms with van der Waals surface area (Å²) in [5, 5.41) is 0. The maximum atomic E-state index is 12.7. The summed E-state index contributed by atoms with van der Waals surface area (Å²) < 4.78 is 13.8. The largest absolute Gasteiger partial charge is 0.493 e. The highest BCUT2D eigenvalue weighted by molar-refractivity contribution is 5.59. The Hall–Kier alpha value is -3.19. The van der Waals surface area contributed by atoms with Crippen molar-refractivity contribution in [2.24, 2.45) is 13.0 Å². The van der Waals surface area contributed by atoms with Crippen LogP contribution >= 0.6 is 0 Å². The standard InChI is InChI=1S/C24H26N4O3/c1-27-23(29)14-20(18-8-10-25-11-9-18)26-24(27)28-12-13-30-22(15-28)19-4-2-3-5-21(19)31-16-17-6-7-17/h2-5,8-11,14,17,22H,6-7,12-13,15-16H2,1H3. The first-order chi connectivity index (χ1) is 15.2. The Morgan fingerprint density at radius 2 is 1.97 bits per heavy atom. The van der Waals surface area contributed by atoms with Crippen LogP contribution in [0, 0.1) is 5.92 Å². The molecule has 2 aromatic heterocycles. The summed E-state index contributed by atoms with van der Waals surface area (Å²) >= 11 is 0. The molecule has 1 saturated carbocycles. The highest BCUT2D eigenvalue weighted by Crippen LogP contribution is 2.34. The summed E-state index contributed by atoms with van der Waals surface area (Å²) in [6.07, 6.45) is 5.77. The van der Waals surface area contributed by atoms with Crippen LogP contribution in [-0.2, 0) is 11.8 Å². The van der Waals surface area contributed by atoms with Crippen LogP contribution in [0.1, 0.15) is 24.5 Å². The molecule has 0 amide bonds. The molecule has 1 atom stereocenters. The second-order valence-corrected chi connectivity index (χ2v) is 8.17. The van der Waals surface area contributed by atoms with Gasteiger partial charge in [-0.05, 0) is 37.0 Å². The molecule has 160 valence electrons. The van der Waals surface area contributed by atoms with E-state index in [4.69, 9.17) is 14.5 Å². The summed E-state index contributed by atoms with van der Waals surface area (Å²) in [5.41, 5.74) is 2.48. The van der Waals surface area contributed by atoms with Crippen molar-refractivity contribution in [3.05, 3.63) is 70.8 Å². The second kappa shape index (κ2) is 8.51. The zero-order valence-electron chi connectivity index (χ0n) is 17.6. The number of para-hydroxylation sites is 1. The van der Waals surface area contributed by atoms with E-state index in [1.807, 2.05) is 30.3 Å². The summed E-state index contributed by atoms with van der Waals surface area (Å²) in [6, 6.07) is 13.4. The van der Waals surface area contributed by atoms with Crippen molar-refractivity contribution in [2.75, 3.05) is 31.2 Å². The molecular formula is C24H26N4O3. The fourth-order valence-electron chi connectivity index (χ4n) is 3.87. The molecule has 7 nitrogen and oxygen atoms in total. The number of ether oxygens (including phenoxy) is 2. The molecule has 7 heteroatoms. The van der Waals surface area contributed by atoms with Gasteiger partial charge in [-0.25, -0.2) is 4.98 Å². The van der Waals surface area contributed by atoms with Crippen LogP contribution in [0.5, 0.6) is 5.75 Å². The molecule has 2 aliphatic rings. The fourth-order valence-corrected chi connectivity index (χ4v) is 3.87. The first-order valence-corrected chi connectivity index (χ1v) is 10.8. The van der Waals surface area contributed by atoms with Gasteiger partial charge in [0.15, 0.2) is 0 Å². The summed E-state index contributed by atoms with van der Waals surface area (Å²) in [6.45, 7) is 2.58. The van der Waals surface area contributed by atoms with E-state index in [1.165, 1.54) is 12.8 Å². The first kappa shape index (κ1) is 19.8. The minimum atomic E-state index is -0.148. The minimum absolute atomic E-state index is 0.0898. The van der Waals surface area contributed by atoms with E-state index in [1.54, 1.807) is 30.1 Å². The van der Waals surface area contributed by atoms with Gasteiger partial charge >= 0.3 is 0 Å². The van der Waals surface area contributed by atoms with Crippen molar-refractivity contribution in [1.29, 1.82) is 0 Å². The highest BCUT2D eigenvalue weighted by atomic mass is 16.5. The molecule has 1 saturated heterocycles. The zero-order valence-corrected chi connectivity index (χ0v) is 17.6. The van der Waals surface area contributed by atoms with E-state index in [2.05, 4.69) is 16.0 Å². The normalized spacial score (nSPS) is 18.7. The number of anilines is 1. The van der Waals surface area contributed by atoms with Crippen molar-refractivity contribution in [3.8, 4) is 17.0 Å². The molecule has 1 unspecified atom stereocenters. The van der Waals surface area contributed by atoms with Crippen molar-refractivity contribution in [2.45, 2.75) is 18.9 Å². The molecule has 0 bridgehead atoms. The van der Waals surface area contributed by atoms with E-state index in [0.717, 1.165) is 23.5 Å². The third kappa shape index (κ3) is 4.32. The molecule has 1 aliphatic carbocycles. The SMILES string of the molecule is Cn1c(N2CCOC(c3ccccc3OCC3CC3)C2)nc(-c2ccncc2)cc1=O. The van der Waals surface area contributed by atoms with Crippen molar-refractivity contribution in [3.63, 3.8) is 0 Å². The maximum absolute atomic E-state index is 12.7. The third-order valence-corrected chi connectivity index (χ3v) is 5.87. The van der Waals surface area contributed by atoms with Crippen molar-refractivity contribution in [1.82, 2.24) is 14.5 Å². The number of hydrogen-bond donors (Lipinski definition) is 0. The lowest BCUT2D eigenvalue weighted by Crippen LogP contribution is -2.41. The van der Waals surface area contributed by atoms with E-state index in [-0.39, 0.29) is 11.7 Å². The fraction of sp³-hybridized carbons (Fsp3) is 0.375. The van der Waals surface area contributed by atoms with Gasteiger partial charge in [-0.1, -0.05) is 18.2 Å². The van der Waals surface area contributed by atoms with Gasteiger partial charge in [0.1, 0.15) is 11.9 Å². The van der Waals surface area contributed by atoms with Gasteiger partial charge in [0.05, 0.1) is 25.5 Å². The maximum Gasteiger partial charge on any atom is 0.255 e. The lowest BCUT2D eigenvalue weighted by molar-refractivity contribution is 0.0369. The summed E-state index contributed by atoms with van der Waals surface area (Å²) in [7, 11) is 1.76. The predicted octanol–water partition coefficient (Wildman–Crippen LogP) is 3.21. The Labute approximate surface area is 181 Å². The van der Waals surface area contributed by atoms with E-state index < -0.39 is 0 Å². The van der Waals surface area contributed by atoms with E-state index in [9.17, 15) is 4.79 Å².